The van der Waals surface area contributed by atoms with E-state index in [1.54, 1.807) is 0 Å². The average Bonchev–Trinajstić information content (AvgIpc) is 2.53. The van der Waals surface area contributed by atoms with E-state index in [-0.39, 0.29) is 12.0 Å². The first-order chi connectivity index (χ1) is 8.11. The predicted octanol–water partition coefficient (Wildman–Crippen LogP) is 2.41. The molecule has 0 saturated carbocycles. The van der Waals surface area contributed by atoms with Gasteiger partial charge in [0.05, 0.1) is 13.2 Å². The van der Waals surface area contributed by atoms with Crippen LogP contribution in [0.5, 0.6) is 11.5 Å². The van der Waals surface area contributed by atoms with Crippen LogP contribution in [0.1, 0.15) is 25.8 Å². The summed E-state index contributed by atoms with van der Waals surface area (Å²) in [5.74, 6) is 1.65. The maximum atomic E-state index is 9.28. The van der Waals surface area contributed by atoms with E-state index in [0.29, 0.717) is 13.2 Å². The van der Waals surface area contributed by atoms with Crippen LogP contribution in [-0.4, -0.2) is 24.9 Å². The van der Waals surface area contributed by atoms with Gasteiger partial charge in [-0.05, 0) is 29.5 Å². The van der Waals surface area contributed by atoms with E-state index in [9.17, 15) is 5.11 Å². The molecule has 0 unspecified atom stereocenters. The first-order valence-corrected chi connectivity index (χ1v) is 6.10. The second-order valence-corrected chi connectivity index (χ2v) is 5.33. The zero-order valence-corrected chi connectivity index (χ0v) is 10.5. The highest BCUT2D eigenvalue weighted by Gasteiger charge is 2.19. The van der Waals surface area contributed by atoms with Gasteiger partial charge in [-0.15, -0.1) is 0 Å². The Hall–Kier alpha value is -1.22. The Morgan fingerprint density at radius 1 is 1.18 bits per heavy atom. The van der Waals surface area contributed by atoms with Crippen molar-refractivity contribution in [2.24, 2.45) is 5.41 Å². The van der Waals surface area contributed by atoms with Crippen LogP contribution in [0.25, 0.3) is 0 Å². The third kappa shape index (κ3) is 3.13. The highest BCUT2D eigenvalue weighted by molar-refractivity contribution is 5.43. The van der Waals surface area contributed by atoms with Crippen molar-refractivity contribution in [2.45, 2.75) is 26.7 Å². The quantitative estimate of drug-likeness (QED) is 0.876. The number of hydrogen-bond donors (Lipinski definition) is 1. The van der Waals surface area contributed by atoms with Crippen LogP contribution in [0.3, 0.4) is 0 Å². The molecule has 0 bridgehead atoms. The lowest BCUT2D eigenvalue weighted by Gasteiger charge is -2.22. The van der Waals surface area contributed by atoms with Crippen molar-refractivity contribution in [3.05, 3.63) is 23.8 Å². The third-order valence-corrected chi connectivity index (χ3v) is 2.92. The molecule has 3 heteroatoms. The molecular weight excluding hydrogens is 216 g/mol. The summed E-state index contributed by atoms with van der Waals surface area (Å²) in [5, 5.41) is 9.28. The molecule has 0 saturated heterocycles. The van der Waals surface area contributed by atoms with Gasteiger partial charge >= 0.3 is 0 Å². The van der Waals surface area contributed by atoms with Crippen LogP contribution in [0, 0.1) is 5.41 Å². The lowest BCUT2D eigenvalue weighted by Crippen LogP contribution is -2.19. The summed E-state index contributed by atoms with van der Waals surface area (Å²) in [4.78, 5) is 0. The van der Waals surface area contributed by atoms with Gasteiger partial charge in [-0.25, -0.2) is 0 Å². The number of aliphatic hydroxyl groups excluding tert-OH is 1. The topological polar surface area (TPSA) is 38.7 Å². The molecule has 1 aromatic carbocycles. The van der Waals surface area contributed by atoms with Crippen molar-refractivity contribution in [1.82, 2.24) is 0 Å². The standard InChI is InChI=1S/C14H20O3/c1-14(2,10-15)9-11-4-5-12-13(8-11)17-7-3-6-16-12/h4-5,8,15H,3,6-7,9-10H2,1-2H3. The minimum Gasteiger partial charge on any atom is -0.490 e. The Labute approximate surface area is 102 Å². The summed E-state index contributed by atoms with van der Waals surface area (Å²) in [6.07, 6.45) is 1.76. The molecule has 1 aliphatic heterocycles. The highest BCUT2D eigenvalue weighted by atomic mass is 16.5. The Bertz CT molecular complexity index is 385. The van der Waals surface area contributed by atoms with Gasteiger partial charge in [0, 0.05) is 13.0 Å². The Balaban J connectivity index is 2.18. The Kier molecular flexibility index (Phi) is 3.57. The molecule has 0 radical (unpaired) electrons. The van der Waals surface area contributed by atoms with Gasteiger partial charge in [0.25, 0.3) is 0 Å². The fraction of sp³-hybridized carbons (Fsp3) is 0.571. The monoisotopic (exact) mass is 236 g/mol. The molecule has 1 heterocycles. The van der Waals surface area contributed by atoms with Gasteiger partial charge in [0.15, 0.2) is 11.5 Å². The van der Waals surface area contributed by atoms with E-state index in [1.165, 1.54) is 5.56 Å². The summed E-state index contributed by atoms with van der Waals surface area (Å²) < 4.78 is 11.2. The second-order valence-electron chi connectivity index (χ2n) is 5.33. The summed E-state index contributed by atoms with van der Waals surface area (Å²) in [7, 11) is 0. The molecule has 0 aromatic heterocycles. The molecule has 0 amide bonds. The number of fused-ring (bicyclic) bond motifs is 1. The average molecular weight is 236 g/mol. The number of rotatable bonds is 3. The molecule has 0 spiro atoms. The van der Waals surface area contributed by atoms with E-state index in [4.69, 9.17) is 9.47 Å². The van der Waals surface area contributed by atoms with Crippen molar-refractivity contribution in [3.63, 3.8) is 0 Å². The summed E-state index contributed by atoms with van der Waals surface area (Å²) in [5.41, 5.74) is 1.08. The zero-order chi connectivity index (χ0) is 12.3. The fourth-order valence-electron chi connectivity index (χ4n) is 1.93. The highest BCUT2D eigenvalue weighted by Crippen LogP contribution is 2.32. The van der Waals surface area contributed by atoms with Gasteiger partial charge in [0.2, 0.25) is 0 Å². The molecule has 3 nitrogen and oxygen atoms in total. The molecule has 94 valence electrons. The Morgan fingerprint density at radius 2 is 1.88 bits per heavy atom. The molecule has 0 fully saturated rings. The van der Waals surface area contributed by atoms with Crippen molar-refractivity contribution in [1.29, 1.82) is 0 Å². The normalized spacial score (nSPS) is 15.5. The molecular formula is C14H20O3. The minimum absolute atomic E-state index is 0.0974. The second kappa shape index (κ2) is 4.96. The van der Waals surface area contributed by atoms with E-state index in [1.807, 2.05) is 18.2 Å². The van der Waals surface area contributed by atoms with E-state index < -0.39 is 0 Å². The van der Waals surface area contributed by atoms with Crippen LogP contribution >= 0.6 is 0 Å². The van der Waals surface area contributed by atoms with E-state index in [2.05, 4.69) is 13.8 Å². The van der Waals surface area contributed by atoms with Crippen LogP contribution in [0.2, 0.25) is 0 Å². The first kappa shape index (κ1) is 12.2. The van der Waals surface area contributed by atoms with Crippen molar-refractivity contribution >= 4 is 0 Å². The predicted molar refractivity (Wildman–Crippen MR) is 66.6 cm³/mol. The molecule has 1 aliphatic rings. The van der Waals surface area contributed by atoms with Crippen LogP contribution < -0.4 is 9.47 Å². The minimum atomic E-state index is -0.0974. The lowest BCUT2D eigenvalue weighted by atomic mass is 9.87. The smallest absolute Gasteiger partial charge is 0.161 e. The molecule has 1 N–H and O–H groups in total. The fourth-order valence-corrected chi connectivity index (χ4v) is 1.93. The van der Waals surface area contributed by atoms with Gasteiger partial charge < -0.3 is 14.6 Å². The van der Waals surface area contributed by atoms with Gasteiger partial charge in [0.1, 0.15) is 0 Å². The SMILES string of the molecule is CC(C)(CO)Cc1ccc2c(c1)OCCCO2. The molecule has 17 heavy (non-hydrogen) atoms. The lowest BCUT2D eigenvalue weighted by molar-refractivity contribution is 0.159. The summed E-state index contributed by atoms with van der Waals surface area (Å²) in [6, 6.07) is 6.03. The molecule has 2 rings (SSSR count). The first-order valence-electron chi connectivity index (χ1n) is 6.10. The zero-order valence-electron chi connectivity index (χ0n) is 10.5. The van der Waals surface area contributed by atoms with E-state index >= 15 is 0 Å². The molecule has 1 aromatic rings. The third-order valence-electron chi connectivity index (χ3n) is 2.92. The molecule has 0 aliphatic carbocycles. The van der Waals surface area contributed by atoms with Gasteiger partial charge in [-0.2, -0.15) is 0 Å². The largest absolute Gasteiger partial charge is 0.490 e. The van der Waals surface area contributed by atoms with Crippen molar-refractivity contribution in [3.8, 4) is 11.5 Å². The van der Waals surface area contributed by atoms with Crippen molar-refractivity contribution in [2.75, 3.05) is 19.8 Å². The summed E-state index contributed by atoms with van der Waals surface area (Å²) in [6.45, 7) is 5.71. The maximum Gasteiger partial charge on any atom is 0.161 e. The maximum absolute atomic E-state index is 9.28. The van der Waals surface area contributed by atoms with E-state index in [0.717, 1.165) is 24.3 Å². The van der Waals surface area contributed by atoms with Crippen LogP contribution in [0.15, 0.2) is 18.2 Å². The van der Waals surface area contributed by atoms with Crippen molar-refractivity contribution < 1.29 is 14.6 Å². The Morgan fingerprint density at radius 3 is 2.59 bits per heavy atom. The number of hydrogen-bond acceptors (Lipinski definition) is 3. The number of benzene rings is 1. The number of ether oxygens (including phenoxy) is 2. The summed E-state index contributed by atoms with van der Waals surface area (Å²) >= 11 is 0. The van der Waals surface area contributed by atoms with Crippen LogP contribution in [0.4, 0.5) is 0 Å². The van der Waals surface area contributed by atoms with Gasteiger partial charge in [-0.1, -0.05) is 19.9 Å². The van der Waals surface area contributed by atoms with Crippen LogP contribution in [-0.2, 0) is 6.42 Å². The van der Waals surface area contributed by atoms with Gasteiger partial charge in [-0.3, -0.25) is 0 Å². The molecule has 0 atom stereocenters. The number of aliphatic hydroxyl groups is 1.